The third kappa shape index (κ3) is 3.39. The molecule has 1 aliphatic carbocycles. The first kappa shape index (κ1) is 18.2. The maximum Gasteiger partial charge on any atom is 0.416 e. The Hall–Kier alpha value is -2.56. The van der Waals surface area contributed by atoms with Crippen LogP contribution in [0, 0.1) is 5.41 Å². The minimum atomic E-state index is -4.43. The van der Waals surface area contributed by atoms with Crippen molar-refractivity contribution in [2.45, 2.75) is 33.4 Å². The molecular weight excluding hydrogens is 339 g/mol. The normalized spacial score (nSPS) is 16.2. The summed E-state index contributed by atoms with van der Waals surface area (Å²) < 4.78 is 39.6. The van der Waals surface area contributed by atoms with Gasteiger partial charge in [0, 0.05) is 18.2 Å². The highest BCUT2D eigenvalue weighted by Gasteiger charge is 2.40. The van der Waals surface area contributed by atoms with Gasteiger partial charge in [0.1, 0.15) is 0 Å². The van der Waals surface area contributed by atoms with Crippen LogP contribution in [0.15, 0.2) is 48.5 Å². The molecule has 0 radical (unpaired) electrons. The molecule has 0 fully saturated rings. The number of alkyl halides is 3. The van der Waals surface area contributed by atoms with Crippen molar-refractivity contribution in [1.82, 2.24) is 0 Å². The average molecular weight is 359 g/mol. The third-order valence-electron chi connectivity index (χ3n) is 4.64. The van der Waals surface area contributed by atoms with Crippen LogP contribution in [0.2, 0.25) is 0 Å². The fourth-order valence-electron chi connectivity index (χ4n) is 3.59. The molecule has 1 amide bonds. The minimum Gasteiger partial charge on any atom is -0.326 e. The van der Waals surface area contributed by atoms with E-state index >= 15 is 0 Å². The Morgan fingerprint density at radius 2 is 1.73 bits per heavy atom. The lowest BCUT2D eigenvalue weighted by molar-refractivity contribution is -0.137. The second-order valence-corrected chi connectivity index (χ2v) is 7.22. The number of benzene rings is 2. The van der Waals surface area contributed by atoms with Gasteiger partial charge in [-0.2, -0.15) is 13.2 Å². The first-order valence-corrected chi connectivity index (χ1v) is 8.38. The lowest BCUT2D eigenvalue weighted by Gasteiger charge is -2.42. The van der Waals surface area contributed by atoms with Crippen molar-refractivity contribution >= 4 is 22.7 Å². The summed E-state index contributed by atoms with van der Waals surface area (Å²) in [5, 5.41) is 2.66. The van der Waals surface area contributed by atoms with Gasteiger partial charge in [0.25, 0.3) is 0 Å². The molecule has 1 aliphatic rings. The quantitative estimate of drug-likeness (QED) is 0.715. The summed E-state index contributed by atoms with van der Waals surface area (Å²) in [5.74, 6) is -0.313. The van der Waals surface area contributed by atoms with Crippen molar-refractivity contribution in [1.29, 1.82) is 0 Å². The minimum absolute atomic E-state index is 0.140. The number of halogens is 3. The zero-order chi connectivity index (χ0) is 19.1. The van der Waals surface area contributed by atoms with Crippen LogP contribution >= 0.6 is 0 Å². The van der Waals surface area contributed by atoms with E-state index in [1.165, 1.54) is 13.0 Å². The monoisotopic (exact) mass is 359 g/mol. The van der Waals surface area contributed by atoms with Gasteiger partial charge in [-0.25, -0.2) is 0 Å². The molecule has 3 rings (SSSR count). The molecule has 0 heterocycles. The summed E-state index contributed by atoms with van der Waals surface area (Å²) in [6.07, 6.45) is -3.79. The SMILES string of the molecule is CC(=O)Nc1ccc(C(F)(F)F)cc1C1=C(c2ccccc2)C(C)(C)C1. The summed E-state index contributed by atoms with van der Waals surface area (Å²) in [5.41, 5.74) is 2.84. The second kappa shape index (κ2) is 6.31. The number of anilines is 1. The number of hydrogen-bond acceptors (Lipinski definition) is 1. The number of nitrogens with one attached hydrogen (secondary N) is 1. The number of carbonyl (C=O) groups excluding carboxylic acids is 1. The Morgan fingerprint density at radius 1 is 1.08 bits per heavy atom. The molecule has 0 aliphatic heterocycles. The van der Waals surface area contributed by atoms with Crippen LogP contribution < -0.4 is 5.32 Å². The summed E-state index contributed by atoms with van der Waals surface area (Å²) in [6, 6.07) is 13.1. The molecule has 0 saturated heterocycles. The molecule has 0 spiro atoms. The van der Waals surface area contributed by atoms with E-state index in [4.69, 9.17) is 0 Å². The Labute approximate surface area is 150 Å². The maximum absolute atomic E-state index is 13.2. The fourth-order valence-corrected chi connectivity index (χ4v) is 3.59. The van der Waals surface area contributed by atoms with E-state index in [0.29, 0.717) is 17.7 Å². The predicted octanol–water partition coefficient (Wildman–Crippen LogP) is 6.00. The summed E-state index contributed by atoms with van der Waals surface area (Å²) in [4.78, 5) is 11.5. The maximum atomic E-state index is 13.2. The van der Waals surface area contributed by atoms with Crippen LogP contribution in [0.3, 0.4) is 0 Å². The van der Waals surface area contributed by atoms with Crippen molar-refractivity contribution in [2.75, 3.05) is 5.32 Å². The number of rotatable bonds is 3. The first-order valence-electron chi connectivity index (χ1n) is 8.38. The van der Waals surface area contributed by atoms with Gasteiger partial charge in [0.05, 0.1) is 5.56 Å². The summed E-state index contributed by atoms with van der Waals surface area (Å²) in [6.45, 7) is 5.49. The molecule has 0 aromatic heterocycles. The van der Waals surface area contributed by atoms with E-state index in [0.717, 1.165) is 28.8 Å². The topological polar surface area (TPSA) is 29.1 Å². The van der Waals surface area contributed by atoms with Crippen LogP contribution in [0.5, 0.6) is 0 Å². The molecule has 2 aromatic rings. The Balaban J connectivity index is 2.21. The van der Waals surface area contributed by atoms with E-state index in [1.54, 1.807) is 0 Å². The third-order valence-corrected chi connectivity index (χ3v) is 4.64. The highest BCUT2D eigenvalue weighted by atomic mass is 19.4. The Bertz CT molecular complexity index is 880. The molecule has 0 saturated carbocycles. The molecule has 0 bridgehead atoms. The van der Waals surface area contributed by atoms with Gasteiger partial charge in [0.15, 0.2) is 0 Å². The molecule has 5 heteroatoms. The molecule has 26 heavy (non-hydrogen) atoms. The summed E-state index contributed by atoms with van der Waals surface area (Å²) >= 11 is 0. The zero-order valence-electron chi connectivity index (χ0n) is 14.9. The predicted molar refractivity (Wildman–Crippen MR) is 97.4 cm³/mol. The molecule has 0 atom stereocenters. The van der Waals surface area contributed by atoms with Gasteiger partial charge in [-0.05, 0) is 46.7 Å². The Kier molecular flexibility index (Phi) is 4.42. The van der Waals surface area contributed by atoms with E-state index < -0.39 is 11.7 Å². The largest absolute Gasteiger partial charge is 0.416 e. The molecular formula is C21H20F3NO. The smallest absolute Gasteiger partial charge is 0.326 e. The van der Waals surface area contributed by atoms with E-state index in [1.807, 2.05) is 30.3 Å². The zero-order valence-corrected chi connectivity index (χ0v) is 14.9. The van der Waals surface area contributed by atoms with Crippen molar-refractivity contribution in [3.05, 3.63) is 65.2 Å². The number of amides is 1. The van der Waals surface area contributed by atoms with Gasteiger partial charge in [-0.3, -0.25) is 4.79 Å². The summed E-state index contributed by atoms with van der Waals surface area (Å²) in [7, 11) is 0. The number of allylic oxidation sites excluding steroid dienone is 2. The van der Waals surface area contributed by atoms with E-state index in [-0.39, 0.29) is 11.3 Å². The van der Waals surface area contributed by atoms with Crippen molar-refractivity contribution in [3.63, 3.8) is 0 Å². The number of carbonyl (C=O) groups is 1. The van der Waals surface area contributed by atoms with Crippen LogP contribution in [-0.4, -0.2) is 5.91 Å². The van der Waals surface area contributed by atoms with Crippen LogP contribution in [0.25, 0.3) is 11.1 Å². The second-order valence-electron chi connectivity index (χ2n) is 7.22. The first-order chi connectivity index (χ1) is 12.1. The van der Waals surface area contributed by atoms with Crippen molar-refractivity contribution < 1.29 is 18.0 Å². The van der Waals surface area contributed by atoms with Gasteiger partial charge in [-0.1, -0.05) is 44.2 Å². The van der Waals surface area contributed by atoms with Gasteiger partial charge >= 0.3 is 6.18 Å². The Morgan fingerprint density at radius 3 is 2.27 bits per heavy atom. The van der Waals surface area contributed by atoms with Gasteiger partial charge in [-0.15, -0.1) is 0 Å². The number of hydrogen-bond donors (Lipinski definition) is 1. The fraction of sp³-hybridized carbons (Fsp3) is 0.286. The highest BCUT2D eigenvalue weighted by molar-refractivity contribution is 6.04. The van der Waals surface area contributed by atoms with Crippen LogP contribution in [0.4, 0.5) is 18.9 Å². The molecule has 1 N–H and O–H groups in total. The van der Waals surface area contributed by atoms with Crippen molar-refractivity contribution in [2.24, 2.45) is 5.41 Å². The van der Waals surface area contributed by atoms with Gasteiger partial charge in [0.2, 0.25) is 5.91 Å². The van der Waals surface area contributed by atoms with Gasteiger partial charge < -0.3 is 5.32 Å². The highest BCUT2D eigenvalue weighted by Crippen LogP contribution is 2.56. The lowest BCUT2D eigenvalue weighted by atomic mass is 9.62. The van der Waals surface area contributed by atoms with Crippen molar-refractivity contribution in [3.8, 4) is 0 Å². The van der Waals surface area contributed by atoms with Crippen LogP contribution in [-0.2, 0) is 11.0 Å². The van der Waals surface area contributed by atoms with Crippen LogP contribution in [0.1, 0.15) is 43.9 Å². The van der Waals surface area contributed by atoms with E-state index in [9.17, 15) is 18.0 Å². The molecule has 2 aromatic carbocycles. The lowest BCUT2D eigenvalue weighted by Crippen LogP contribution is -2.26. The molecule has 0 unspecified atom stereocenters. The van der Waals surface area contributed by atoms with E-state index in [2.05, 4.69) is 19.2 Å². The standard InChI is InChI=1S/C21H20F3NO/c1-13(26)25-18-10-9-15(21(22,23)24)11-16(18)17-12-20(2,3)19(17)14-7-5-4-6-8-14/h4-11H,12H2,1-3H3,(H,25,26). The molecule has 136 valence electrons. The molecule has 2 nitrogen and oxygen atoms in total. The average Bonchev–Trinajstić information content (AvgIpc) is 2.53.